The molecule has 1 saturated heterocycles. The van der Waals surface area contributed by atoms with E-state index in [-0.39, 0.29) is 29.6 Å². The molecule has 15 heavy (non-hydrogen) atoms. The van der Waals surface area contributed by atoms with E-state index >= 15 is 0 Å². The molecular formula is C7H12NNaO4SSe. The van der Waals surface area contributed by atoms with Crippen molar-refractivity contribution in [3.05, 3.63) is 0 Å². The van der Waals surface area contributed by atoms with E-state index in [1.807, 2.05) is 0 Å². The van der Waals surface area contributed by atoms with Crippen LogP contribution in [0.25, 0.3) is 0 Å². The quantitative estimate of drug-likeness (QED) is 0.163. The van der Waals surface area contributed by atoms with Gasteiger partial charge in [-0.2, -0.15) is 0 Å². The summed E-state index contributed by atoms with van der Waals surface area (Å²) in [4.78, 5) is 2.24. The van der Waals surface area contributed by atoms with E-state index in [1.54, 1.807) is 0 Å². The molecule has 0 bridgehead atoms. The molecule has 1 aliphatic rings. The van der Waals surface area contributed by atoms with Crippen LogP contribution in [0.2, 0.25) is 0 Å². The first-order valence-electron chi connectivity index (χ1n) is 4.28. The van der Waals surface area contributed by atoms with Gasteiger partial charge in [-0.25, -0.2) is 0 Å². The van der Waals surface area contributed by atoms with Gasteiger partial charge < -0.3 is 0 Å². The SMILES string of the molecule is [Na+].[O-]OOSCCC(=[Se])N1CCOCC1. The molecule has 5 nitrogen and oxygen atoms in total. The minimum absolute atomic E-state index is 0. The van der Waals surface area contributed by atoms with Gasteiger partial charge in [0.25, 0.3) is 0 Å². The molecule has 8 heteroatoms. The van der Waals surface area contributed by atoms with Gasteiger partial charge in [0.1, 0.15) is 0 Å². The maximum absolute atomic E-state index is 9.49. The van der Waals surface area contributed by atoms with Crippen LogP contribution in [0.15, 0.2) is 0 Å². The Morgan fingerprint density at radius 2 is 2.13 bits per heavy atom. The number of ether oxygens (including phenoxy) is 1. The molecule has 82 valence electrons. The first-order chi connectivity index (χ1) is 6.84. The Morgan fingerprint density at radius 3 is 2.73 bits per heavy atom. The van der Waals surface area contributed by atoms with E-state index in [2.05, 4.69) is 29.8 Å². The monoisotopic (exact) mass is 309 g/mol. The summed E-state index contributed by atoms with van der Waals surface area (Å²) in [7, 11) is 0. The van der Waals surface area contributed by atoms with Crippen molar-refractivity contribution in [2.24, 2.45) is 0 Å². The van der Waals surface area contributed by atoms with E-state index in [9.17, 15) is 5.26 Å². The summed E-state index contributed by atoms with van der Waals surface area (Å²) in [6.45, 7) is 3.40. The number of hydrogen-bond acceptors (Lipinski definition) is 6. The molecule has 0 unspecified atom stereocenters. The zero-order valence-electron chi connectivity index (χ0n) is 8.64. The molecule has 0 aromatic rings. The number of hydrogen-bond donors (Lipinski definition) is 0. The van der Waals surface area contributed by atoms with Gasteiger partial charge in [-0.1, -0.05) is 0 Å². The Hall–Kier alpha value is 1.38. The van der Waals surface area contributed by atoms with Gasteiger partial charge in [-0.15, -0.1) is 0 Å². The Balaban J connectivity index is 0.00000196. The van der Waals surface area contributed by atoms with E-state index in [1.165, 1.54) is 4.54 Å². The fraction of sp³-hybridized carbons (Fsp3) is 0.857. The van der Waals surface area contributed by atoms with E-state index in [0.717, 1.165) is 44.8 Å². The molecule has 0 atom stereocenters. The van der Waals surface area contributed by atoms with Crippen molar-refractivity contribution in [1.29, 1.82) is 0 Å². The number of rotatable bonds is 6. The number of nitrogens with zero attached hydrogens (tertiary/aromatic N) is 1. The summed E-state index contributed by atoms with van der Waals surface area (Å²) in [6.07, 6.45) is 0.841. The average Bonchev–Trinajstić information content (AvgIpc) is 2.25. The van der Waals surface area contributed by atoms with Crippen LogP contribution in [0.4, 0.5) is 0 Å². The van der Waals surface area contributed by atoms with Crippen molar-refractivity contribution in [2.45, 2.75) is 6.42 Å². The summed E-state index contributed by atoms with van der Waals surface area (Å²) in [5, 5.41) is 12.7. The molecule has 0 N–H and O–H groups in total. The fourth-order valence-corrected chi connectivity index (χ4v) is 2.43. The average molecular weight is 308 g/mol. The van der Waals surface area contributed by atoms with Crippen LogP contribution >= 0.6 is 12.0 Å². The molecule has 0 aliphatic carbocycles. The predicted octanol–water partition coefficient (Wildman–Crippen LogP) is -4.12. The van der Waals surface area contributed by atoms with Gasteiger partial charge >= 0.3 is 124 Å². The summed E-state index contributed by atoms with van der Waals surface area (Å²) in [5.74, 6) is 0.696. The van der Waals surface area contributed by atoms with Crippen LogP contribution in [0.3, 0.4) is 0 Å². The zero-order chi connectivity index (χ0) is 10.2. The van der Waals surface area contributed by atoms with E-state index < -0.39 is 0 Å². The standard InChI is InChI=1S/C7H13NO4SSe.Na/c9-11-12-13-6-1-7(14)8-2-4-10-5-3-8;/h9H,1-6H2;/q;+1/p-1. The van der Waals surface area contributed by atoms with Crippen LogP contribution in [0.5, 0.6) is 0 Å². The van der Waals surface area contributed by atoms with Gasteiger partial charge in [0, 0.05) is 0 Å². The molecule has 0 saturated carbocycles. The zero-order valence-corrected chi connectivity index (χ0v) is 13.2. The fourth-order valence-electron chi connectivity index (χ4n) is 1.15. The van der Waals surface area contributed by atoms with Crippen molar-refractivity contribution in [3.63, 3.8) is 0 Å². The molecule has 1 rings (SSSR count). The van der Waals surface area contributed by atoms with Crippen molar-refractivity contribution in [2.75, 3.05) is 32.1 Å². The van der Waals surface area contributed by atoms with Crippen LogP contribution < -0.4 is 34.8 Å². The van der Waals surface area contributed by atoms with Crippen molar-refractivity contribution in [1.82, 2.24) is 4.90 Å². The molecule has 0 radical (unpaired) electrons. The second-order valence-electron chi connectivity index (χ2n) is 2.70. The minimum atomic E-state index is 0. The summed E-state index contributed by atoms with van der Waals surface area (Å²) < 4.78 is 10.6. The Labute approximate surface area is 124 Å². The third-order valence-electron chi connectivity index (χ3n) is 1.84. The molecule has 0 aromatic carbocycles. The van der Waals surface area contributed by atoms with Crippen LogP contribution in [0, 0.1) is 0 Å². The van der Waals surface area contributed by atoms with Crippen LogP contribution in [0.1, 0.15) is 6.42 Å². The van der Waals surface area contributed by atoms with Gasteiger partial charge in [-0.05, 0) is 0 Å². The third kappa shape index (κ3) is 7.33. The van der Waals surface area contributed by atoms with Gasteiger partial charge in [0.05, 0.1) is 0 Å². The first-order valence-corrected chi connectivity index (χ1v) is 6.05. The van der Waals surface area contributed by atoms with E-state index in [4.69, 9.17) is 4.74 Å². The van der Waals surface area contributed by atoms with Crippen molar-refractivity contribution >= 4 is 32.2 Å². The van der Waals surface area contributed by atoms with Crippen LogP contribution in [-0.4, -0.2) is 57.1 Å². The Morgan fingerprint density at radius 1 is 1.47 bits per heavy atom. The third-order valence-corrected chi connectivity index (χ3v) is 3.33. The van der Waals surface area contributed by atoms with Gasteiger partial charge in [0.2, 0.25) is 0 Å². The van der Waals surface area contributed by atoms with E-state index in [0.29, 0.717) is 5.75 Å². The first kappa shape index (κ1) is 16.4. The summed E-state index contributed by atoms with van der Waals surface area (Å²) in [6, 6.07) is 0. The van der Waals surface area contributed by atoms with Gasteiger partial charge in [0.15, 0.2) is 0 Å². The Bertz CT molecular complexity index is 182. The molecular weight excluding hydrogens is 296 g/mol. The molecule has 0 spiro atoms. The summed E-state index contributed by atoms with van der Waals surface area (Å²) >= 11 is 4.03. The molecule has 0 amide bonds. The summed E-state index contributed by atoms with van der Waals surface area (Å²) in [5.41, 5.74) is 0. The van der Waals surface area contributed by atoms with Crippen molar-refractivity contribution < 1.29 is 48.9 Å². The molecule has 1 aliphatic heterocycles. The molecule has 0 aromatic heterocycles. The van der Waals surface area contributed by atoms with Gasteiger partial charge in [-0.3, -0.25) is 0 Å². The normalized spacial score (nSPS) is 15.9. The predicted molar refractivity (Wildman–Crippen MR) is 52.4 cm³/mol. The topological polar surface area (TPSA) is 54.0 Å². The second-order valence-corrected chi connectivity index (χ2v) is 4.47. The van der Waals surface area contributed by atoms with Crippen molar-refractivity contribution in [3.8, 4) is 0 Å². The Kier molecular flexibility index (Phi) is 11.5. The number of morpholine rings is 1. The maximum atomic E-state index is 9.49. The molecule has 1 fully saturated rings. The molecule has 1 heterocycles. The van der Waals surface area contributed by atoms with Crippen LogP contribution in [-0.2, 0) is 14.1 Å². The second kappa shape index (κ2) is 10.5.